The van der Waals surface area contributed by atoms with Crippen LogP contribution in [0.1, 0.15) is 40.9 Å². The third-order valence-electron chi connectivity index (χ3n) is 5.16. The van der Waals surface area contributed by atoms with E-state index in [1.54, 1.807) is 16.6 Å². The van der Waals surface area contributed by atoms with Gasteiger partial charge in [-0.15, -0.1) is 0 Å². The Morgan fingerprint density at radius 2 is 1.83 bits per heavy atom. The van der Waals surface area contributed by atoms with Crippen LogP contribution in [-0.2, 0) is 0 Å². The summed E-state index contributed by atoms with van der Waals surface area (Å²) in [7, 11) is 0. The van der Waals surface area contributed by atoms with Crippen LogP contribution in [0.5, 0.6) is 0 Å². The van der Waals surface area contributed by atoms with Crippen molar-refractivity contribution >= 4 is 17.4 Å². The first kappa shape index (κ1) is 19.8. The Labute approximate surface area is 175 Å². The molecule has 1 unspecified atom stereocenters. The lowest BCUT2D eigenvalue weighted by Crippen LogP contribution is -2.14. The third-order valence-corrected chi connectivity index (χ3v) is 5.16. The van der Waals surface area contributed by atoms with Crippen LogP contribution >= 0.6 is 0 Å². The summed E-state index contributed by atoms with van der Waals surface area (Å²) in [5, 5.41) is 16.6. The minimum Gasteiger partial charge on any atom is -0.396 e. The van der Waals surface area contributed by atoms with Gasteiger partial charge in [-0.25, -0.2) is 9.50 Å². The maximum absolute atomic E-state index is 12.8. The van der Waals surface area contributed by atoms with Crippen molar-refractivity contribution in [3.63, 3.8) is 0 Å². The standard InChI is InChI=1S/C24H24N4O2/c1-16(12-13-29)18-8-10-20(11-9-18)24(30)26-22-15-21(19-6-4-3-5-7-19)28-23(25-22)14-17(2)27-28/h3-11,14-16,29H,12-13H2,1-2H3,(H,25,26,30). The highest BCUT2D eigenvalue weighted by Gasteiger charge is 2.13. The molecule has 0 saturated heterocycles. The number of hydrogen-bond donors (Lipinski definition) is 2. The zero-order valence-corrected chi connectivity index (χ0v) is 17.0. The van der Waals surface area contributed by atoms with Crippen LogP contribution in [0.2, 0.25) is 0 Å². The lowest BCUT2D eigenvalue weighted by molar-refractivity contribution is 0.102. The van der Waals surface area contributed by atoms with E-state index in [0.717, 1.165) is 22.5 Å². The fraction of sp³-hybridized carbons (Fsp3) is 0.208. The number of aryl methyl sites for hydroxylation is 1. The Bertz CT molecular complexity index is 1170. The number of aliphatic hydroxyl groups excluding tert-OH is 1. The van der Waals surface area contributed by atoms with Gasteiger partial charge >= 0.3 is 0 Å². The Morgan fingerprint density at radius 3 is 2.53 bits per heavy atom. The number of benzene rings is 2. The second-order valence-corrected chi connectivity index (χ2v) is 7.44. The van der Waals surface area contributed by atoms with E-state index in [-0.39, 0.29) is 18.4 Å². The molecular formula is C24H24N4O2. The van der Waals surface area contributed by atoms with E-state index in [1.165, 1.54) is 0 Å². The largest absolute Gasteiger partial charge is 0.396 e. The number of aliphatic hydroxyl groups is 1. The highest BCUT2D eigenvalue weighted by Crippen LogP contribution is 2.24. The van der Waals surface area contributed by atoms with Gasteiger partial charge in [-0.05, 0) is 37.0 Å². The number of carbonyl (C=O) groups excluding carboxylic acids is 1. The van der Waals surface area contributed by atoms with Crippen molar-refractivity contribution in [3.8, 4) is 11.3 Å². The number of anilines is 1. The molecule has 2 aromatic carbocycles. The monoisotopic (exact) mass is 400 g/mol. The van der Waals surface area contributed by atoms with Crippen molar-refractivity contribution in [3.05, 3.63) is 83.6 Å². The van der Waals surface area contributed by atoms with Gasteiger partial charge in [0, 0.05) is 29.9 Å². The van der Waals surface area contributed by atoms with Crippen LogP contribution in [0.15, 0.2) is 66.7 Å². The van der Waals surface area contributed by atoms with Crippen LogP contribution in [-0.4, -0.2) is 32.2 Å². The Kier molecular flexibility index (Phi) is 5.59. The molecule has 0 aliphatic heterocycles. The van der Waals surface area contributed by atoms with Crippen LogP contribution in [0.25, 0.3) is 16.9 Å². The SMILES string of the molecule is Cc1cc2nc(NC(=O)c3ccc(C(C)CCO)cc3)cc(-c3ccccc3)n2n1. The van der Waals surface area contributed by atoms with Crippen LogP contribution in [0, 0.1) is 6.92 Å². The second-order valence-electron chi connectivity index (χ2n) is 7.44. The van der Waals surface area contributed by atoms with E-state index < -0.39 is 0 Å². The fourth-order valence-corrected chi connectivity index (χ4v) is 3.48. The van der Waals surface area contributed by atoms with Gasteiger partial charge in [0.15, 0.2) is 5.65 Å². The predicted molar refractivity (Wildman–Crippen MR) is 118 cm³/mol. The van der Waals surface area contributed by atoms with Gasteiger partial charge in [0.2, 0.25) is 0 Å². The molecule has 6 nitrogen and oxygen atoms in total. The molecule has 0 saturated carbocycles. The maximum atomic E-state index is 12.8. The average Bonchev–Trinajstić information content (AvgIpc) is 3.14. The number of nitrogens with one attached hydrogen (secondary N) is 1. The molecule has 2 heterocycles. The highest BCUT2D eigenvalue weighted by molar-refractivity contribution is 6.04. The Balaban J connectivity index is 1.63. The molecule has 1 atom stereocenters. The van der Waals surface area contributed by atoms with Crippen molar-refractivity contribution < 1.29 is 9.90 Å². The Hall–Kier alpha value is -3.51. The van der Waals surface area contributed by atoms with Gasteiger partial charge in [-0.1, -0.05) is 49.4 Å². The predicted octanol–water partition coefficient (Wildman–Crippen LogP) is 4.44. The van der Waals surface area contributed by atoms with E-state index in [1.807, 2.05) is 61.5 Å². The van der Waals surface area contributed by atoms with Crippen molar-refractivity contribution in [2.45, 2.75) is 26.2 Å². The van der Waals surface area contributed by atoms with Gasteiger partial charge in [-0.3, -0.25) is 4.79 Å². The normalized spacial score (nSPS) is 12.1. The summed E-state index contributed by atoms with van der Waals surface area (Å²) in [6.45, 7) is 4.12. The van der Waals surface area contributed by atoms with Crippen molar-refractivity contribution in [2.24, 2.45) is 0 Å². The third kappa shape index (κ3) is 4.09. The van der Waals surface area contributed by atoms with Crippen LogP contribution < -0.4 is 5.32 Å². The first-order valence-corrected chi connectivity index (χ1v) is 10.00. The number of nitrogens with zero attached hydrogens (tertiary/aromatic N) is 3. The van der Waals surface area contributed by atoms with Gasteiger partial charge in [0.05, 0.1) is 11.4 Å². The van der Waals surface area contributed by atoms with E-state index in [0.29, 0.717) is 23.4 Å². The minimum atomic E-state index is -0.219. The molecule has 6 heteroatoms. The van der Waals surface area contributed by atoms with Crippen molar-refractivity contribution in [1.29, 1.82) is 0 Å². The lowest BCUT2D eigenvalue weighted by atomic mass is 9.97. The average molecular weight is 400 g/mol. The quantitative estimate of drug-likeness (QED) is 0.501. The second kappa shape index (κ2) is 8.47. The number of amides is 1. The van der Waals surface area contributed by atoms with E-state index in [9.17, 15) is 4.79 Å². The zero-order valence-electron chi connectivity index (χ0n) is 17.0. The summed E-state index contributed by atoms with van der Waals surface area (Å²) >= 11 is 0. The minimum absolute atomic E-state index is 0.148. The molecular weight excluding hydrogens is 376 g/mol. The van der Waals surface area contributed by atoms with Crippen LogP contribution in [0.4, 0.5) is 5.82 Å². The van der Waals surface area contributed by atoms with Gasteiger partial charge in [-0.2, -0.15) is 5.10 Å². The number of rotatable bonds is 6. The summed E-state index contributed by atoms with van der Waals surface area (Å²) in [6, 6.07) is 21.1. The topological polar surface area (TPSA) is 79.5 Å². The number of carbonyl (C=O) groups is 1. The van der Waals surface area contributed by atoms with Crippen molar-refractivity contribution in [2.75, 3.05) is 11.9 Å². The molecule has 0 aliphatic rings. The highest BCUT2D eigenvalue weighted by atomic mass is 16.3. The van der Waals surface area contributed by atoms with Crippen molar-refractivity contribution in [1.82, 2.24) is 14.6 Å². The summed E-state index contributed by atoms with van der Waals surface area (Å²) in [5.41, 5.74) is 5.04. The molecule has 4 rings (SSSR count). The van der Waals surface area contributed by atoms with Gasteiger partial charge in [0.1, 0.15) is 5.82 Å². The lowest BCUT2D eigenvalue weighted by Gasteiger charge is -2.12. The number of fused-ring (bicyclic) bond motifs is 1. The van der Waals surface area contributed by atoms with Crippen LogP contribution in [0.3, 0.4) is 0 Å². The van der Waals surface area contributed by atoms with Gasteiger partial charge < -0.3 is 10.4 Å². The Morgan fingerprint density at radius 1 is 1.10 bits per heavy atom. The smallest absolute Gasteiger partial charge is 0.256 e. The fourth-order valence-electron chi connectivity index (χ4n) is 3.48. The number of hydrogen-bond acceptors (Lipinski definition) is 4. The zero-order chi connectivity index (χ0) is 21.1. The number of aromatic nitrogens is 3. The molecule has 0 aliphatic carbocycles. The first-order valence-electron chi connectivity index (χ1n) is 10.00. The van der Waals surface area contributed by atoms with E-state index in [2.05, 4.69) is 22.3 Å². The molecule has 1 amide bonds. The molecule has 0 fully saturated rings. The molecule has 0 radical (unpaired) electrons. The van der Waals surface area contributed by atoms with Gasteiger partial charge in [0.25, 0.3) is 5.91 Å². The summed E-state index contributed by atoms with van der Waals surface area (Å²) < 4.78 is 1.79. The summed E-state index contributed by atoms with van der Waals surface area (Å²) in [4.78, 5) is 17.4. The molecule has 4 aromatic rings. The van der Waals surface area contributed by atoms with E-state index >= 15 is 0 Å². The maximum Gasteiger partial charge on any atom is 0.256 e. The summed E-state index contributed by atoms with van der Waals surface area (Å²) in [6.07, 6.45) is 0.697. The molecule has 0 bridgehead atoms. The molecule has 0 spiro atoms. The molecule has 30 heavy (non-hydrogen) atoms. The molecule has 2 N–H and O–H groups in total. The van der Waals surface area contributed by atoms with E-state index in [4.69, 9.17) is 5.11 Å². The summed E-state index contributed by atoms with van der Waals surface area (Å²) in [5.74, 6) is 0.502. The molecule has 152 valence electrons. The molecule has 2 aromatic heterocycles. The first-order chi connectivity index (χ1) is 14.5.